The number of amides is 2. The average Bonchev–Trinajstić information content (AvgIpc) is 2.92. The van der Waals surface area contributed by atoms with E-state index in [1.165, 1.54) is 37.3 Å². The number of rotatable bonds is 11. The minimum Gasteiger partial charge on any atom is -0.497 e. The van der Waals surface area contributed by atoms with Gasteiger partial charge in [-0.2, -0.15) is 0 Å². The third-order valence-electron chi connectivity index (χ3n) is 6.03. The predicted octanol–water partition coefficient (Wildman–Crippen LogP) is 1.79. The molecule has 1 aliphatic rings. The van der Waals surface area contributed by atoms with Crippen molar-refractivity contribution in [1.29, 1.82) is 0 Å². The Bertz CT molecular complexity index is 1210. The van der Waals surface area contributed by atoms with Gasteiger partial charge in [-0.15, -0.1) is 0 Å². The average molecular weight is 509 g/mol. The lowest BCUT2D eigenvalue weighted by Gasteiger charge is -2.31. The van der Waals surface area contributed by atoms with Gasteiger partial charge in [0.1, 0.15) is 11.5 Å². The number of Topliss-reactive ketones (excluding diaryl/α,β-unsaturated/α-hetero) is 4. The zero-order valence-corrected chi connectivity index (χ0v) is 20.7. The van der Waals surface area contributed by atoms with E-state index in [-0.39, 0.29) is 30.3 Å². The van der Waals surface area contributed by atoms with Gasteiger partial charge in [-0.05, 0) is 37.1 Å². The fourth-order valence-corrected chi connectivity index (χ4v) is 3.91. The Labute approximate surface area is 213 Å². The maximum absolute atomic E-state index is 12.5. The van der Waals surface area contributed by atoms with Crippen molar-refractivity contribution in [3.05, 3.63) is 59.7 Å². The molecular formula is C27H28N2O8. The quantitative estimate of drug-likeness (QED) is 0.276. The highest BCUT2D eigenvalue weighted by atomic mass is 16.5. The molecule has 0 spiro atoms. The lowest BCUT2D eigenvalue weighted by Crippen LogP contribution is -2.49. The highest BCUT2D eigenvalue weighted by Gasteiger charge is 2.30. The molecule has 2 aromatic rings. The zero-order valence-electron chi connectivity index (χ0n) is 20.7. The molecule has 3 rings (SSSR count). The second-order valence-corrected chi connectivity index (χ2v) is 8.55. The molecule has 0 aliphatic carbocycles. The van der Waals surface area contributed by atoms with Crippen LogP contribution in [0.4, 0.5) is 0 Å². The minimum atomic E-state index is -0.874. The Morgan fingerprint density at radius 1 is 0.784 bits per heavy atom. The summed E-state index contributed by atoms with van der Waals surface area (Å²) in [6, 6.07) is 12.2. The van der Waals surface area contributed by atoms with Gasteiger partial charge in [0.15, 0.2) is 11.6 Å². The van der Waals surface area contributed by atoms with Gasteiger partial charge in [-0.3, -0.25) is 28.8 Å². The molecule has 37 heavy (non-hydrogen) atoms. The number of nitrogens with one attached hydrogen (secondary N) is 1. The van der Waals surface area contributed by atoms with Crippen molar-refractivity contribution in [2.45, 2.75) is 31.7 Å². The normalized spacial score (nSPS) is 13.4. The van der Waals surface area contributed by atoms with Gasteiger partial charge in [0, 0.05) is 30.3 Å². The molecule has 0 bridgehead atoms. The van der Waals surface area contributed by atoms with Crippen LogP contribution in [0.3, 0.4) is 0 Å². The van der Waals surface area contributed by atoms with Crippen LogP contribution in [0.5, 0.6) is 11.5 Å². The van der Waals surface area contributed by atoms with Gasteiger partial charge in [-0.1, -0.05) is 24.3 Å². The molecular weight excluding hydrogens is 480 g/mol. The summed E-state index contributed by atoms with van der Waals surface area (Å²) in [6.45, 7) is 0.361. The molecule has 10 heteroatoms. The summed E-state index contributed by atoms with van der Waals surface area (Å²) >= 11 is 0. The Balaban J connectivity index is 1.45. The maximum atomic E-state index is 12.5. The Morgan fingerprint density at radius 3 is 1.76 bits per heavy atom. The van der Waals surface area contributed by atoms with E-state index in [0.717, 1.165) is 0 Å². The summed E-state index contributed by atoms with van der Waals surface area (Å²) in [4.78, 5) is 75.6. The Hall–Kier alpha value is -4.34. The number of piperidine rings is 1. The number of carbonyl (C=O) groups is 6. The van der Waals surface area contributed by atoms with E-state index >= 15 is 0 Å². The van der Waals surface area contributed by atoms with Crippen LogP contribution in [0.1, 0.15) is 46.4 Å². The monoisotopic (exact) mass is 508 g/mol. The van der Waals surface area contributed by atoms with Crippen LogP contribution in [-0.2, 0) is 19.2 Å². The fraction of sp³-hybridized carbons (Fsp3) is 0.333. The number of likely N-dealkylation sites (tertiary alicyclic amines) is 1. The van der Waals surface area contributed by atoms with Crippen molar-refractivity contribution in [2.75, 3.05) is 27.3 Å². The van der Waals surface area contributed by atoms with Gasteiger partial charge in [0.25, 0.3) is 11.8 Å². The highest BCUT2D eigenvalue weighted by Crippen LogP contribution is 2.17. The number of hydrogen-bond acceptors (Lipinski definition) is 8. The molecule has 10 nitrogen and oxygen atoms in total. The van der Waals surface area contributed by atoms with Gasteiger partial charge in [0.05, 0.1) is 27.1 Å². The third kappa shape index (κ3) is 7.33. The largest absolute Gasteiger partial charge is 0.497 e. The van der Waals surface area contributed by atoms with Crippen LogP contribution in [0.25, 0.3) is 0 Å². The topological polar surface area (TPSA) is 136 Å². The lowest BCUT2D eigenvalue weighted by atomic mass is 10.0. The summed E-state index contributed by atoms with van der Waals surface area (Å²) in [5.41, 5.74) is 0.540. The molecule has 0 radical (unpaired) electrons. The molecule has 1 heterocycles. The van der Waals surface area contributed by atoms with Crippen LogP contribution in [0.15, 0.2) is 48.5 Å². The van der Waals surface area contributed by atoms with E-state index in [2.05, 4.69) is 5.32 Å². The van der Waals surface area contributed by atoms with Crippen molar-refractivity contribution >= 4 is 34.9 Å². The van der Waals surface area contributed by atoms with E-state index in [1.807, 2.05) is 0 Å². The van der Waals surface area contributed by atoms with E-state index < -0.39 is 47.8 Å². The second kappa shape index (κ2) is 12.6. The first-order valence-electron chi connectivity index (χ1n) is 11.7. The van der Waals surface area contributed by atoms with Crippen molar-refractivity contribution in [3.8, 4) is 11.5 Å². The molecule has 0 unspecified atom stereocenters. The Kier molecular flexibility index (Phi) is 9.26. The SMILES string of the molecule is COc1cccc(C(=O)CC(=O)C(=O)NC2CCN(C(=O)C(=O)CC(=O)c3cccc(OC)c3)CC2)c1. The van der Waals surface area contributed by atoms with Crippen LogP contribution < -0.4 is 14.8 Å². The number of methoxy groups -OCH3 is 2. The molecule has 1 saturated heterocycles. The molecule has 1 aliphatic heterocycles. The molecule has 2 aromatic carbocycles. The van der Waals surface area contributed by atoms with Crippen molar-refractivity contribution in [2.24, 2.45) is 0 Å². The molecule has 0 aromatic heterocycles. The summed E-state index contributed by atoms with van der Waals surface area (Å²) < 4.78 is 10.1. The van der Waals surface area contributed by atoms with Crippen LogP contribution >= 0.6 is 0 Å². The highest BCUT2D eigenvalue weighted by molar-refractivity contribution is 6.41. The summed E-state index contributed by atoms with van der Waals surface area (Å²) in [5, 5.41) is 2.60. The number of nitrogens with zero attached hydrogens (tertiary/aromatic N) is 1. The van der Waals surface area contributed by atoms with Crippen LogP contribution in [0, 0.1) is 0 Å². The van der Waals surface area contributed by atoms with Crippen molar-refractivity contribution in [3.63, 3.8) is 0 Å². The third-order valence-corrected chi connectivity index (χ3v) is 6.03. The molecule has 2 amide bonds. The number of ether oxygens (including phenoxy) is 2. The van der Waals surface area contributed by atoms with Crippen LogP contribution in [-0.4, -0.2) is 73.2 Å². The predicted molar refractivity (Wildman–Crippen MR) is 132 cm³/mol. The van der Waals surface area contributed by atoms with Gasteiger partial charge in [-0.25, -0.2) is 0 Å². The summed E-state index contributed by atoms with van der Waals surface area (Å²) in [7, 11) is 2.92. The first-order chi connectivity index (χ1) is 17.7. The zero-order chi connectivity index (χ0) is 26.9. The van der Waals surface area contributed by atoms with Gasteiger partial charge in [0.2, 0.25) is 11.6 Å². The van der Waals surface area contributed by atoms with Gasteiger partial charge < -0.3 is 19.7 Å². The van der Waals surface area contributed by atoms with E-state index in [4.69, 9.17) is 9.47 Å². The molecule has 0 saturated carbocycles. The molecule has 1 fully saturated rings. The summed E-state index contributed by atoms with van der Waals surface area (Å²) in [5.74, 6) is -3.37. The Morgan fingerprint density at radius 2 is 1.27 bits per heavy atom. The number of ketones is 4. The number of benzene rings is 2. The molecule has 1 N–H and O–H groups in total. The van der Waals surface area contributed by atoms with Gasteiger partial charge >= 0.3 is 0 Å². The standard InChI is InChI=1S/C27H28N2O8/c1-36-20-7-3-5-17(13-20)22(30)15-24(32)26(34)28-19-9-11-29(12-10-19)27(35)25(33)16-23(31)18-6-4-8-21(14-18)37-2/h3-8,13-14,19H,9-12,15-16H2,1-2H3,(H,28,34). The summed E-state index contributed by atoms with van der Waals surface area (Å²) in [6.07, 6.45) is -0.484. The van der Waals surface area contributed by atoms with E-state index in [0.29, 0.717) is 24.3 Å². The first-order valence-corrected chi connectivity index (χ1v) is 11.7. The minimum absolute atomic E-state index is 0.180. The van der Waals surface area contributed by atoms with Crippen LogP contribution in [0.2, 0.25) is 0 Å². The number of hydrogen-bond donors (Lipinski definition) is 1. The number of carbonyl (C=O) groups excluding carboxylic acids is 6. The molecule has 0 atom stereocenters. The second-order valence-electron chi connectivity index (χ2n) is 8.55. The smallest absolute Gasteiger partial charge is 0.290 e. The lowest BCUT2D eigenvalue weighted by molar-refractivity contribution is -0.145. The molecule has 194 valence electrons. The first kappa shape index (κ1) is 27.3. The maximum Gasteiger partial charge on any atom is 0.290 e. The fourth-order valence-electron chi connectivity index (χ4n) is 3.91. The van der Waals surface area contributed by atoms with Crippen molar-refractivity contribution in [1.82, 2.24) is 10.2 Å². The van der Waals surface area contributed by atoms with Crippen molar-refractivity contribution < 1.29 is 38.2 Å². The van der Waals surface area contributed by atoms with E-state index in [9.17, 15) is 28.8 Å². The van der Waals surface area contributed by atoms with E-state index in [1.54, 1.807) is 30.3 Å².